The molecule has 2 heteroatoms. The summed E-state index contributed by atoms with van der Waals surface area (Å²) in [4.78, 5) is 2.38. The summed E-state index contributed by atoms with van der Waals surface area (Å²) in [6, 6.07) is 8.88. The summed E-state index contributed by atoms with van der Waals surface area (Å²) in [6.45, 7) is 2.16. The van der Waals surface area contributed by atoms with Gasteiger partial charge in [-0.2, -0.15) is 0 Å². The molecule has 1 N–H and O–H groups in total. The standard InChI is InChI=1S/C14H22N2/c1-15-10-12-6-8-14(9-7-12)16(2)11-13-4-3-5-13/h6-9,13,15H,3-5,10-11H2,1-2H3. The molecule has 0 heterocycles. The maximum absolute atomic E-state index is 3.17. The van der Waals surface area contributed by atoms with Gasteiger partial charge in [0.1, 0.15) is 0 Å². The van der Waals surface area contributed by atoms with Gasteiger partial charge in [-0.1, -0.05) is 18.6 Å². The lowest BCUT2D eigenvalue weighted by Gasteiger charge is -2.31. The molecule has 1 aliphatic carbocycles. The fraction of sp³-hybridized carbons (Fsp3) is 0.571. The molecule has 1 aromatic rings. The van der Waals surface area contributed by atoms with Crippen LogP contribution in [0.2, 0.25) is 0 Å². The molecular weight excluding hydrogens is 196 g/mol. The Kier molecular flexibility index (Phi) is 3.83. The largest absolute Gasteiger partial charge is 0.374 e. The zero-order valence-corrected chi connectivity index (χ0v) is 10.4. The lowest BCUT2D eigenvalue weighted by Crippen LogP contribution is -2.29. The Balaban J connectivity index is 1.91. The summed E-state index contributed by atoms with van der Waals surface area (Å²) in [6.07, 6.45) is 4.27. The normalized spacial score (nSPS) is 15.9. The number of hydrogen-bond donors (Lipinski definition) is 1. The van der Waals surface area contributed by atoms with Crippen molar-refractivity contribution >= 4 is 5.69 Å². The Bertz CT molecular complexity index is 314. The molecule has 0 unspecified atom stereocenters. The lowest BCUT2D eigenvalue weighted by molar-refractivity contribution is 0.321. The van der Waals surface area contributed by atoms with E-state index in [1.807, 2.05) is 7.05 Å². The van der Waals surface area contributed by atoms with E-state index in [2.05, 4.69) is 41.5 Å². The molecule has 0 aromatic heterocycles. The summed E-state index contributed by atoms with van der Waals surface area (Å²) in [5.74, 6) is 0.932. The summed E-state index contributed by atoms with van der Waals surface area (Å²) in [7, 11) is 4.18. The first kappa shape index (κ1) is 11.5. The van der Waals surface area contributed by atoms with Gasteiger partial charge in [-0.15, -0.1) is 0 Å². The van der Waals surface area contributed by atoms with Crippen molar-refractivity contribution in [3.8, 4) is 0 Å². The van der Waals surface area contributed by atoms with Crippen LogP contribution in [-0.2, 0) is 6.54 Å². The molecule has 2 nitrogen and oxygen atoms in total. The van der Waals surface area contributed by atoms with Crippen molar-refractivity contribution in [3.05, 3.63) is 29.8 Å². The van der Waals surface area contributed by atoms with Gasteiger partial charge in [0.05, 0.1) is 0 Å². The minimum atomic E-state index is 0.932. The van der Waals surface area contributed by atoms with Gasteiger partial charge in [-0.25, -0.2) is 0 Å². The van der Waals surface area contributed by atoms with E-state index in [0.29, 0.717) is 0 Å². The van der Waals surface area contributed by atoms with Crippen LogP contribution in [-0.4, -0.2) is 20.6 Å². The van der Waals surface area contributed by atoms with Crippen LogP contribution < -0.4 is 10.2 Å². The van der Waals surface area contributed by atoms with Crippen LogP contribution in [0.15, 0.2) is 24.3 Å². The molecule has 0 saturated heterocycles. The molecule has 2 rings (SSSR count). The first-order valence-electron chi connectivity index (χ1n) is 6.24. The van der Waals surface area contributed by atoms with Crippen molar-refractivity contribution in [1.29, 1.82) is 0 Å². The van der Waals surface area contributed by atoms with Crippen molar-refractivity contribution < 1.29 is 0 Å². The molecule has 1 fully saturated rings. The Morgan fingerprint density at radius 2 is 1.94 bits per heavy atom. The first-order valence-corrected chi connectivity index (χ1v) is 6.24. The third-order valence-electron chi connectivity index (χ3n) is 3.51. The Hall–Kier alpha value is -1.02. The molecular formula is C14H22N2. The number of hydrogen-bond acceptors (Lipinski definition) is 2. The second-order valence-electron chi connectivity index (χ2n) is 4.87. The van der Waals surface area contributed by atoms with Crippen molar-refractivity contribution in [2.75, 3.05) is 25.5 Å². The van der Waals surface area contributed by atoms with Crippen molar-refractivity contribution in [1.82, 2.24) is 5.32 Å². The highest BCUT2D eigenvalue weighted by Crippen LogP contribution is 2.28. The monoisotopic (exact) mass is 218 g/mol. The van der Waals surface area contributed by atoms with E-state index in [-0.39, 0.29) is 0 Å². The third-order valence-corrected chi connectivity index (χ3v) is 3.51. The maximum atomic E-state index is 3.17. The third kappa shape index (κ3) is 2.76. The zero-order valence-electron chi connectivity index (χ0n) is 10.4. The number of rotatable bonds is 5. The maximum Gasteiger partial charge on any atom is 0.0363 e. The van der Waals surface area contributed by atoms with Crippen molar-refractivity contribution in [2.45, 2.75) is 25.8 Å². The highest BCUT2D eigenvalue weighted by Gasteiger charge is 2.19. The van der Waals surface area contributed by atoms with Gasteiger partial charge in [-0.05, 0) is 43.5 Å². The van der Waals surface area contributed by atoms with Crippen LogP contribution in [0.25, 0.3) is 0 Å². The van der Waals surface area contributed by atoms with Gasteiger partial charge in [-0.3, -0.25) is 0 Å². The van der Waals surface area contributed by atoms with Crippen LogP contribution in [0.1, 0.15) is 24.8 Å². The highest BCUT2D eigenvalue weighted by molar-refractivity contribution is 5.46. The molecule has 1 saturated carbocycles. The minimum absolute atomic E-state index is 0.932. The van der Waals surface area contributed by atoms with E-state index in [1.165, 1.54) is 37.1 Å². The first-order chi connectivity index (χ1) is 7.79. The molecule has 0 aliphatic heterocycles. The molecule has 0 amide bonds. The van der Waals surface area contributed by atoms with Crippen LogP contribution >= 0.6 is 0 Å². The van der Waals surface area contributed by atoms with Crippen molar-refractivity contribution in [2.24, 2.45) is 5.92 Å². The van der Waals surface area contributed by atoms with E-state index in [9.17, 15) is 0 Å². The molecule has 0 bridgehead atoms. The quantitative estimate of drug-likeness (QED) is 0.817. The summed E-state index contributed by atoms with van der Waals surface area (Å²) in [5.41, 5.74) is 2.69. The van der Waals surface area contributed by atoms with Crippen LogP contribution in [0.4, 0.5) is 5.69 Å². The number of nitrogens with zero attached hydrogens (tertiary/aromatic N) is 1. The summed E-state index contributed by atoms with van der Waals surface area (Å²) < 4.78 is 0. The molecule has 88 valence electrons. The minimum Gasteiger partial charge on any atom is -0.374 e. The van der Waals surface area contributed by atoms with E-state index in [1.54, 1.807) is 0 Å². The smallest absolute Gasteiger partial charge is 0.0363 e. The van der Waals surface area contributed by atoms with Crippen LogP contribution in [0, 0.1) is 5.92 Å². The van der Waals surface area contributed by atoms with Gasteiger partial charge in [0.2, 0.25) is 0 Å². The van der Waals surface area contributed by atoms with E-state index < -0.39 is 0 Å². The predicted molar refractivity (Wildman–Crippen MR) is 69.8 cm³/mol. The molecule has 1 aromatic carbocycles. The van der Waals surface area contributed by atoms with Crippen LogP contribution in [0.5, 0.6) is 0 Å². The Morgan fingerprint density at radius 3 is 2.44 bits per heavy atom. The molecule has 0 spiro atoms. The average molecular weight is 218 g/mol. The lowest BCUT2D eigenvalue weighted by atomic mass is 9.85. The molecule has 1 aliphatic rings. The molecule has 0 radical (unpaired) electrons. The Morgan fingerprint density at radius 1 is 1.25 bits per heavy atom. The summed E-state index contributed by atoms with van der Waals surface area (Å²) in [5, 5.41) is 3.17. The SMILES string of the molecule is CNCc1ccc(N(C)CC2CCC2)cc1. The van der Waals surface area contributed by atoms with Gasteiger partial charge in [0, 0.05) is 25.8 Å². The van der Waals surface area contributed by atoms with Gasteiger partial charge < -0.3 is 10.2 Å². The number of benzene rings is 1. The fourth-order valence-corrected chi connectivity index (χ4v) is 2.24. The summed E-state index contributed by atoms with van der Waals surface area (Å²) >= 11 is 0. The van der Waals surface area contributed by atoms with Crippen molar-refractivity contribution in [3.63, 3.8) is 0 Å². The second kappa shape index (κ2) is 5.35. The van der Waals surface area contributed by atoms with Gasteiger partial charge >= 0.3 is 0 Å². The predicted octanol–water partition coefficient (Wildman–Crippen LogP) is 2.64. The van der Waals surface area contributed by atoms with E-state index in [4.69, 9.17) is 0 Å². The fourth-order valence-electron chi connectivity index (χ4n) is 2.24. The molecule has 0 atom stereocenters. The van der Waals surface area contributed by atoms with E-state index in [0.717, 1.165) is 12.5 Å². The van der Waals surface area contributed by atoms with Gasteiger partial charge in [0.25, 0.3) is 0 Å². The zero-order chi connectivity index (χ0) is 11.4. The Labute approximate surface area is 98.7 Å². The topological polar surface area (TPSA) is 15.3 Å². The number of nitrogens with one attached hydrogen (secondary N) is 1. The van der Waals surface area contributed by atoms with E-state index >= 15 is 0 Å². The average Bonchev–Trinajstić information content (AvgIpc) is 2.25. The second-order valence-corrected chi connectivity index (χ2v) is 4.87. The molecule has 16 heavy (non-hydrogen) atoms. The van der Waals surface area contributed by atoms with Crippen LogP contribution in [0.3, 0.4) is 0 Å². The van der Waals surface area contributed by atoms with Gasteiger partial charge in [0.15, 0.2) is 0 Å². The highest BCUT2D eigenvalue weighted by atomic mass is 15.1. The number of anilines is 1.